The number of nitrogens with zero attached hydrogens (tertiary/aromatic N) is 1. The van der Waals surface area contributed by atoms with Crippen molar-refractivity contribution in [2.75, 3.05) is 13.1 Å². The van der Waals surface area contributed by atoms with Gasteiger partial charge in [-0.1, -0.05) is 24.3 Å². The molecule has 1 amide bonds. The Kier molecular flexibility index (Phi) is 6.17. The summed E-state index contributed by atoms with van der Waals surface area (Å²) in [5, 5.41) is 29.8. The first-order valence-electron chi connectivity index (χ1n) is 9.52. The number of likely N-dealkylation sites (tertiary alicyclic amines) is 1. The first-order chi connectivity index (χ1) is 13.8. The van der Waals surface area contributed by atoms with E-state index in [0.717, 1.165) is 5.56 Å². The van der Waals surface area contributed by atoms with Crippen LogP contribution in [0.25, 0.3) is 0 Å². The molecule has 0 radical (unpaired) electrons. The summed E-state index contributed by atoms with van der Waals surface area (Å²) in [5.74, 6) is -1.63. The number of phenols is 1. The van der Waals surface area contributed by atoms with Crippen molar-refractivity contribution in [3.8, 4) is 5.75 Å². The minimum Gasteiger partial charge on any atom is -0.508 e. The number of benzene rings is 2. The molecule has 0 spiro atoms. The fraction of sp³-hybridized carbons (Fsp3) is 0.364. The van der Waals surface area contributed by atoms with Crippen molar-refractivity contribution < 1.29 is 29.3 Å². The lowest BCUT2D eigenvalue weighted by atomic mass is 9.72. The van der Waals surface area contributed by atoms with Gasteiger partial charge in [0, 0.05) is 19.5 Å². The number of aliphatic carboxylic acids is 1. The van der Waals surface area contributed by atoms with Crippen LogP contribution in [-0.4, -0.2) is 51.3 Å². The molecule has 2 atom stereocenters. The van der Waals surface area contributed by atoms with Crippen LogP contribution in [0.15, 0.2) is 48.5 Å². The van der Waals surface area contributed by atoms with E-state index in [1.807, 2.05) is 0 Å². The van der Waals surface area contributed by atoms with Crippen LogP contribution in [0.2, 0.25) is 0 Å². The maximum absolute atomic E-state index is 13.2. The SMILES string of the molecule is O=C(CCc1ccc(O)cc1)N1CC[C@@H](O)[C@](Cc2ccc(F)cc2)(C(=O)O)C1. The molecular weight excluding hydrogens is 377 g/mol. The van der Waals surface area contributed by atoms with Gasteiger partial charge in [-0.05, 0) is 54.7 Å². The Hall–Kier alpha value is -2.93. The van der Waals surface area contributed by atoms with Crippen molar-refractivity contribution in [2.45, 2.75) is 31.8 Å². The Morgan fingerprint density at radius 2 is 1.69 bits per heavy atom. The zero-order valence-corrected chi connectivity index (χ0v) is 15.9. The van der Waals surface area contributed by atoms with Gasteiger partial charge in [0.05, 0.1) is 6.10 Å². The molecule has 0 unspecified atom stereocenters. The van der Waals surface area contributed by atoms with Gasteiger partial charge in [0.15, 0.2) is 0 Å². The molecule has 1 saturated heterocycles. The topological polar surface area (TPSA) is 98.1 Å². The first-order valence-corrected chi connectivity index (χ1v) is 9.52. The number of carboxylic acids is 1. The second-order valence-electron chi connectivity index (χ2n) is 7.55. The fourth-order valence-electron chi connectivity index (χ4n) is 3.79. The molecule has 1 fully saturated rings. The summed E-state index contributed by atoms with van der Waals surface area (Å²) >= 11 is 0. The molecule has 3 N–H and O–H groups in total. The molecule has 7 heteroatoms. The number of hydrogen-bond donors (Lipinski definition) is 3. The lowest BCUT2D eigenvalue weighted by Gasteiger charge is -2.43. The quantitative estimate of drug-likeness (QED) is 0.690. The van der Waals surface area contributed by atoms with Crippen LogP contribution in [0.3, 0.4) is 0 Å². The Morgan fingerprint density at radius 3 is 2.31 bits per heavy atom. The molecule has 1 heterocycles. The molecule has 1 aliphatic rings. The highest BCUT2D eigenvalue weighted by atomic mass is 19.1. The molecule has 3 rings (SSSR count). The molecule has 1 aliphatic heterocycles. The number of carbonyl (C=O) groups is 2. The minimum absolute atomic E-state index is 0.00548. The summed E-state index contributed by atoms with van der Waals surface area (Å²) in [6.45, 7) is 0.184. The van der Waals surface area contributed by atoms with Crippen LogP contribution in [0.5, 0.6) is 5.75 Å². The number of carbonyl (C=O) groups excluding carboxylic acids is 1. The lowest BCUT2D eigenvalue weighted by Crippen LogP contribution is -2.58. The maximum Gasteiger partial charge on any atom is 0.314 e. The van der Waals surface area contributed by atoms with E-state index in [2.05, 4.69) is 0 Å². The Bertz CT molecular complexity index is 868. The second kappa shape index (κ2) is 8.61. The van der Waals surface area contributed by atoms with Crippen molar-refractivity contribution in [3.63, 3.8) is 0 Å². The van der Waals surface area contributed by atoms with E-state index >= 15 is 0 Å². The van der Waals surface area contributed by atoms with Gasteiger partial charge < -0.3 is 20.2 Å². The lowest BCUT2D eigenvalue weighted by molar-refractivity contribution is -0.165. The van der Waals surface area contributed by atoms with Crippen molar-refractivity contribution >= 4 is 11.9 Å². The summed E-state index contributed by atoms with van der Waals surface area (Å²) in [5.41, 5.74) is -0.0557. The van der Waals surface area contributed by atoms with E-state index in [0.29, 0.717) is 12.0 Å². The smallest absolute Gasteiger partial charge is 0.314 e. The van der Waals surface area contributed by atoms with Crippen LogP contribution >= 0.6 is 0 Å². The predicted molar refractivity (Wildman–Crippen MR) is 104 cm³/mol. The molecule has 0 bridgehead atoms. The number of aryl methyl sites for hydroxylation is 1. The number of halogens is 1. The third-order valence-electron chi connectivity index (χ3n) is 5.56. The van der Waals surface area contributed by atoms with Gasteiger partial charge >= 0.3 is 5.97 Å². The standard InChI is InChI=1S/C22H24FNO5/c23-17-6-1-16(2-7-17)13-22(21(28)29)14-24(12-11-19(22)26)20(27)10-5-15-3-8-18(25)9-4-15/h1-4,6-9,19,25-26H,5,10-14H2,(H,28,29)/t19-,22-/m1/s1. The molecule has 0 aromatic heterocycles. The van der Waals surface area contributed by atoms with Gasteiger partial charge in [0.25, 0.3) is 0 Å². The zero-order chi connectivity index (χ0) is 21.0. The van der Waals surface area contributed by atoms with Crippen molar-refractivity contribution in [3.05, 3.63) is 65.5 Å². The number of hydrogen-bond acceptors (Lipinski definition) is 4. The number of amides is 1. The third kappa shape index (κ3) is 4.74. The summed E-state index contributed by atoms with van der Waals surface area (Å²) in [6.07, 6.45) is -0.265. The van der Waals surface area contributed by atoms with Gasteiger partial charge in [-0.25, -0.2) is 4.39 Å². The summed E-state index contributed by atoms with van der Waals surface area (Å²) in [4.78, 5) is 26.3. The molecular formula is C22H24FNO5. The van der Waals surface area contributed by atoms with Crippen LogP contribution in [0.4, 0.5) is 4.39 Å². The minimum atomic E-state index is -1.54. The van der Waals surface area contributed by atoms with Gasteiger partial charge in [0.2, 0.25) is 5.91 Å². The average molecular weight is 401 g/mol. The highest BCUT2D eigenvalue weighted by Gasteiger charge is 2.50. The average Bonchev–Trinajstić information content (AvgIpc) is 2.70. The highest BCUT2D eigenvalue weighted by molar-refractivity contribution is 5.80. The number of carboxylic acid groups (broad SMARTS) is 1. The summed E-state index contributed by atoms with van der Waals surface area (Å²) in [7, 11) is 0. The molecule has 0 saturated carbocycles. The van der Waals surface area contributed by atoms with Gasteiger partial charge in [-0.2, -0.15) is 0 Å². The molecule has 29 heavy (non-hydrogen) atoms. The number of piperidine rings is 1. The normalized spacial score (nSPS) is 21.7. The first kappa shape index (κ1) is 20.8. The zero-order valence-electron chi connectivity index (χ0n) is 15.9. The van der Waals surface area contributed by atoms with E-state index in [1.54, 1.807) is 24.3 Å². The fourth-order valence-corrected chi connectivity index (χ4v) is 3.79. The Labute approximate surface area is 168 Å². The predicted octanol–water partition coefficient (Wildman–Crippen LogP) is 2.37. The molecule has 2 aromatic carbocycles. The van der Waals surface area contributed by atoms with Crippen LogP contribution in [0, 0.1) is 11.2 Å². The molecule has 6 nitrogen and oxygen atoms in total. The van der Waals surface area contributed by atoms with Gasteiger partial charge in [0.1, 0.15) is 17.0 Å². The maximum atomic E-state index is 13.2. The van der Waals surface area contributed by atoms with Crippen molar-refractivity contribution in [2.24, 2.45) is 5.41 Å². The van der Waals surface area contributed by atoms with Crippen molar-refractivity contribution in [1.82, 2.24) is 4.90 Å². The molecule has 0 aliphatic carbocycles. The van der Waals surface area contributed by atoms with Crippen LogP contribution in [-0.2, 0) is 22.4 Å². The number of phenolic OH excluding ortho intramolecular Hbond substituents is 1. The summed E-state index contributed by atoms with van der Waals surface area (Å²) < 4.78 is 13.2. The van der Waals surface area contributed by atoms with E-state index in [-0.39, 0.29) is 44.0 Å². The van der Waals surface area contributed by atoms with E-state index in [1.165, 1.54) is 29.2 Å². The van der Waals surface area contributed by atoms with Gasteiger partial charge in [-0.15, -0.1) is 0 Å². The molecule has 2 aromatic rings. The second-order valence-corrected chi connectivity index (χ2v) is 7.55. The van der Waals surface area contributed by atoms with Gasteiger partial charge in [-0.3, -0.25) is 9.59 Å². The number of aliphatic hydroxyl groups is 1. The van der Waals surface area contributed by atoms with E-state index in [9.17, 15) is 29.3 Å². The van der Waals surface area contributed by atoms with Crippen LogP contribution < -0.4 is 0 Å². The Morgan fingerprint density at radius 1 is 1.07 bits per heavy atom. The Balaban J connectivity index is 1.72. The highest BCUT2D eigenvalue weighted by Crippen LogP contribution is 2.35. The summed E-state index contributed by atoms with van der Waals surface area (Å²) in [6, 6.07) is 12.1. The largest absolute Gasteiger partial charge is 0.508 e. The number of rotatable bonds is 6. The van der Waals surface area contributed by atoms with Crippen molar-refractivity contribution in [1.29, 1.82) is 0 Å². The van der Waals surface area contributed by atoms with Crippen LogP contribution in [0.1, 0.15) is 24.0 Å². The number of aliphatic hydroxyl groups excluding tert-OH is 1. The monoisotopic (exact) mass is 401 g/mol. The van der Waals surface area contributed by atoms with E-state index in [4.69, 9.17) is 0 Å². The third-order valence-corrected chi connectivity index (χ3v) is 5.56. The van der Waals surface area contributed by atoms with E-state index < -0.39 is 23.3 Å². The number of aromatic hydroxyl groups is 1. The molecule has 154 valence electrons.